The number of fused-ring (bicyclic) bond motifs is 1. The Kier molecular flexibility index (Phi) is 4.01. The Balaban J connectivity index is 1.40. The fraction of sp³-hybridized carbons (Fsp3) is 0.353. The van der Waals surface area contributed by atoms with Crippen LogP contribution in [0.2, 0.25) is 0 Å². The summed E-state index contributed by atoms with van der Waals surface area (Å²) in [5, 5.41) is 21.3. The molecule has 4 rings (SSSR count). The summed E-state index contributed by atoms with van der Waals surface area (Å²) in [4.78, 5) is 14.5. The number of rotatable bonds is 3. The minimum atomic E-state index is -0.200. The van der Waals surface area contributed by atoms with Gasteiger partial charge in [-0.3, -0.25) is 4.79 Å². The summed E-state index contributed by atoms with van der Waals surface area (Å²) in [5.74, 6) is 1.39. The molecule has 2 N–H and O–H groups in total. The van der Waals surface area contributed by atoms with Gasteiger partial charge in [-0.25, -0.2) is 0 Å². The van der Waals surface area contributed by atoms with Crippen molar-refractivity contribution in [3.05, 3.63) is 36.0 Å². The first-order chi connectivity index (χ1) is 12.2. The van der Waals surface area contributed by atoms with E-state index in [1.807, 2.05) is 12.1 Å². The average molecular weight is 342 g/mol. The molecule has 0 atom stereocenters. The molecule has 25 heavy (non-hydrogen) atoms. The number of phenolic OH excluding ortho intramolecular Hbond substituents is 1. The van der Waals surface area contributed by atoms with Crippen LogP contribution in [0.15, 0.2) is 30.5 Å². The van der Waals surface area contributed by atoms with Crippen molar-refractivity contribution in [1.82, 2.24) is 15.1 Å². The molecule has 0 aliphatic carbocycles. The lowest BCUT2D eigenvalue weighted by molar-refractivity contribution is 0.0715. The maximum atomic E-state index is 12.7. The first-order valence-corrected chi connectivity index (χ1v) is 8.17. The summed E-state index contributed by atoms with van der Waals surface area (Å²) >= 11 is 0. The summed E-state index contributed by atoms with van der Waals surface area (Å²) in [6.07, 6.45) is 3.23. The second kappa shape index (κ2) is 6.46. The number of anilines is 1. The van der Waals surface area contributed by atoms with E-state index >= 15 is 0 Å². The van der Waals surface area contributed by atoms with Gasteiger partial charge in [0.1, 0.15) is 11.6 Å². The lowest BCUT2D eigenvalue weighted by Gasteiger charge is -2.32. The average Bonchev–Trinajstić information content (AvgIpc) is 3.09. The maximum absolute atomic E-state index is 12.7. The molecule has 8 heteroatoms. The molecule has 1 aromatic heterocycles. The van der Waals surface area contributed by atoms with Crippen LogP contribution in [0.5, 0.6) is 17.2 Å². The Hall–Kier alpha value is -3.03. The molecule has 130 valence electrons. The Morgan fingerprint density at radius 3 is 2.72 bits per heavy atom. The van der Waals surface area contributed by atoms with E-state index in [1.54, 1.807) is 17.2 Å². The van der Waals surface area contributed by atoms with Crippen molar-refractivity contribution in [3.63, 3.8) is 0 Å². The molecule has 3 heterocycles. The predicted molar refractivity (Wildman–Crippen MR) is 88.8 cm³/mol. The van der Waals surface area contributed by atoms with E-state index < -0.39 is 0 Å². The number of carbonyl (C=O) groups is 1. The van der Waals surface area contributed by atoms with Crippen molar-refractivity contribution < 1.29 is 19.4 Å². The monoisotopic (exact) mass is 342 g/mol. The molecule has 0 unspecified atom stereocenters. The number of phenols is 1. The number of hydrogen-bond donors (Lipinski definition) is 2. The lowest BCUT2D eigenvalue weighted by atomic mass is 10.0. The first kappa shape index (κ1) is 15.5. The predicted octanol–water partition coefficient (Wildman–Crippen LogP) is 1.63. The van der Waals surface area contributed by atoms with Gasteiger partial charge in [-0.05, 0) is 25.0 Å². The number of hydrogen-bond acceptors (Lipinski definition) is 7. The van der Waals surface area contributed by atoms with Gasteiger partial charge in [-0.2, -0.15) is 5.10 Å². The van der Waals surface area contributed by atoms with Gasteiger partial charge in [-0.1, -0.05) is 0 Å². The third kappa shape index (κ3) is 3.15. The van der Waals surface area contributed by atoms with Crippen molar-refractivity contribution in [1.29, 1.82) is 0 Å². The smallest absolute Gasteiger partial charge is 0.257 e. The zero-order valence-electron chi connectivity index (χ0n) is 13.5. The molecule has 0 bridgehead atoms. The zero-order chi connectivity index (χ0) is 17.2. The largest absolute Gasteiger partial charge is 0.507 e. The van der Waals surface area contributed by atoms with E-state index in [0.29, 0.717) is 24.6 Å². The molecule has 0 spiro atoms. The zero-order valence-corrected chi connectivity index (χ0v) is 13.5. The van der Waals surface area contributed by atoms with Gasteiger partial charge >= 0.3 is 0 Å². The standard InChI is InChI=1S/C17H18N4O4/c22-13-9-15-14(24-10-25-15)8-12(13)17(23)21-6-3-11(4-7-21)19-16-2-1-5-18-20-16/h1-2,5,8-9,11,22H,3-4,6-7,10H2,(H,19,20). The summed E-state index contributed by atoms with van der Waals surface area (Å²) in [6, 6.07) is 6.92. The summed E-state index contributed by atoms with van der Waals surface area (Å²) in [7, 11) is 0. The molecular weight excluding hydrogens is 324 g/mol. The van der Waals surface area contributed by atoms with Gasteiger partial charge in [0.2, 0.25) is 6.79 Å². The molecule has 1 fully saturated rings. The Labute approximate surface area is 144 Å². The quantitative estimate of drug-likeness (QED) is 0.875. The molecule has 1 amide bonds. The SMILES string of the molecule is O=C(c1cc2c(cc1O)OCO2)N1CCC(Nc2cccnn2)CC1. The molecule has 2 aliphatic rings. The molecule has 1 aromatic carbocycles. The first-order valence-electron chi connectivity index (χ1n) is 8.17. The van der Waals surface area contributed by atoms with Gasteiger partial charge < -0.3 is 24.8 Å². The van der Waals surface area contributed by atoms with Crippen LogP contribution in [0.1, 0.15) is 23.2 Å². The molecule has 8 nitrogen and oxygen atoms in total. The second-order valence-electron chi connectivity index (χ2n) is 6.04. The van der Waals surface area contributed by atoms with E-state index in [2.05, 4.69) is 15.5 Å². The van der Waals surface area contributed by atoms with Crippen molar-refractivity contribution >= 4 is 11.7 Å². The van der Waals surface area contributed by atoms with Gasteiger partial charge in [0.05, 0.1) is 5.56 Å². The second-order valence-corrected chi connectivity index (χ2v) is 6.04. The molecule has 2 aliphatic heterocycles. The number of aromatic hydroxyl groups is 1. The van der Waals surface area contributed by atoms with Crippen LogP contribution in [0, 0.1) is 0 Å². The highest BCUT2D eigenvalue weighted by atomic mass is 16.7. The van der Waals surface area contributed by atoms with Crippen molar-refractivity contribution in [2.75, 3.05) is 25.2 Å². The number of amides is 1. The molecule has 0 radical (unpaired) electrons. The minimum Gasteiger partial charge on any atom is -0.507 e. The third-order valence-electron chi connectivity index (χ3n) is 4.43. The van der Waals surface area contributed by atoms with Gasteiger partial charge in [0.15, 0.2) is 11.5 Å². The fourth-order valence-electron chi connectivity index (χ4n) is 3.09. The van der Waals surface area contributed by atoms with E-state index in [-0.39, 0.29) is 30.1 Å². The lowest BCUT2D eigenvalue weighted by Crippen LogP contribution is -2.42. The van der Waals surface area contributed by atoms with E-state index in [1.165, 1.54) is 6.07 Å². The van der Waals surface area contributed by atoms with Crippen molar-refractivity contribution in [2.24, 2.45) is 0 Å². The van der Waals surface area contributed by atoms with E-state index in [9.17, 15) is 9.90 Å². The number of carbonyl (C=O) groups excluding carboxylic acids is 1. The highest BCUT2D eigenvalue weighted by molar-refractivity contribution is 5.97. The fourth-order valence-corrected chi connectivity index (χ4v) is 3.09. The van der Waals surface area contributed by atoms with Crippen LogP contribution in [0.3, 0.4) is 0 Å². The Morgan fingerprint density at radius 1 is 1.24 bits per heavy atom. The molecular formula is C17H18N4O4. The van der Waals surface area contributed by atoms with Crippen LogP contribution in [-0.4, -0.2) is 52.0 Å². The normalized spacial score (nSPS) is 16.7. The number of benzene rings is 1. The molecule has 0 saturated carbocycles. The van der Waals surface area contributed by atoms with Crippen LogP contribution < -0.4 is 14.8 Å². The topological polar surface area (TPSA) is 96.8 Å². The molecule has 2 aromatic rings. The number of ether oxygens (including phenoxy) is 2. The van der Waals surface area contributed by atoms with E-state index in [4.69, 9.17) is 9.47 Å². The van der Waals surface area contributed by atoms with Crippen molar-refractivity contribution in [2.45, 2.75) is 18.9 Å². The highest BCUT2D eigenvalue weighted by Gasteiger charge is 2.27. The number of aromatic nitrogens is 2. The van der Waals surface area contributed by atoms with Gasteiger partial charge in [0, 0.05) is 37.5 Å². The third-order valence-corrected chi connectivity index (χ3v) is 4.43. The van der Waals surface area contributed by atoms with Crippen LogP contribution >= 0.6 is 0 Å². The number of piperidine rings is 1. The molecule has 1 saturated heterocycles. The van der Waals surface area contributed by atoms with Gasteiger partial charge in [0.25, 0.3) is 5.91 Å². The number of nitrogens with one attached hydrogen (secondary N) is 1. The highest BCUT2D eigenvalue weighted by Crippen LogP contribution is 2.38. The minimum absolute atomic E-state index is 0.0888. The maximum Gasteiger partial charge on any atom is 0.257 e. The summed E-state index contributed by atoms with van der Waals surface area (Å²) in [5.41, 5.74) is 0.240. The van der Waals surface area contributed by atoms with Crippen molar-refractivity contribution in [3.8, 4) is 17.2 Å². The van der Waals surface area contributed by atoms with Crippen LogP contribution in [0.4, 0.5) is 5.82 Å². The van der Waals surface area contributed by atoms with E-state index in [0.717, 1.165) is 18.7 Å². The summed E-state index contributed by atoms with van der Waals surface area (Å²) in [6.45, 7) is 1.31. The number of likely N-dealkylation sites (tertiary alicyclic amines) is 1. The summed E-state index contributed by atoms with van der Waals surface area (Å²) < 4.78 is 10.5. The van der Waals surface area contributed by atoms with Gasteiger partial charge in [-0.15, -0.1) is 5.10 Å². The number of nitrogens with zero attached hydrogens (tertiary/aromatic N) is 3. The Morgan fingerprint density at radius 2 is 2.00 bits per heavy atom. The van der Waals surface area contributed by atoms with Crippen LogP contribution in [0.25, 0.3) is 0 Å². The van der Waals surface area contributed by atoms with Crippen LogP contribution in [-0.2, 0) is 0 Å². The Bertz CT molecular complexity index is 776.